The third-order valence-corrected chi connectivity index (χ3v) is 1.79. The van der Waals surface area contributed by atoms with E-state index in [1.165, 1.54) is 0 Å². The van der Waals surface area contributed by atoms with Gasteiger partial charge in [0.2, 0.25) is 5.91 Å². The Balaban J connectivity index is 3.04. The molecule has 0 heterocycles. The molecular formula is C9H10N2OS. The van der Waals surface area contributed by atoms with Gasteiger partial charge in [0, 0.05) is 12.0 Å². The molecule has 0 fully saturated rings. The van der Waals surface area contributed by atoms with Gasteiger partial charge in [-0.25, -0.2) is 0 Å². The molecule has 0 aliphatic rings. The highest BCUT2D eigenvalue weighted by atomic mass is 32.1. The molecule has 1 aromatic rings. The van der Waals surface area contributed by atoms with Gasteiger partial charge in [-0.3, -0.25) is 4.79 Å². The van der Waals surface area contributed by atoms with Gasteiger partial charge in [0.1, 0.15) is 0 Å². The number of rotatable bonds is 3. The van der Waals surface area contributed by atoms with Crippen LogP contribution in [0.1, 0.15) is 15.9 Å². The van der Waals surface area contributed by atoms with Crippen LogP contribution in [0, 0.1) is 0 Å². The molecule has 1 aromatic carbocycles. The first-order valence-corrected chi connectivity index (χ1v) is 4.18. The zero-order valence-corrected chi connectivity index (χ0v) is 7.80. The molecule has 0 radical (unpaired) electrons. The number of benzene rings is 1. The lowest BCUT2D eigenvalue weighted by Gasteiger charge is -2.04. The molecule has 1 amide bonds. The average Bonchev–Trinajstić information content (AvgIpc) is 2.03. The van der Waals surface area contributed by atoms with E-state index in [1.54, 1.807) is 18.2 Å². The molecule has 4 N–H and O–H groups in total. The Hall–Kier alpha value is -1.42. The fourth-order valence-corrected chi connectivity index (χ4v) is 1.26. The van der Waals surface area contributed by atoms with Gasteiger partial charge in [0.05, 0.1) is 4.99 Å². The first-order valence-electron chi connectivity index (χ1n) is 3.77. The van der Waals surface area contributed by atoms with Gasteiger partial charge in [-0.05, 0) is 11.6 Å². The van der Waals surface area contributed by atoms with Crippen LogP contribution in [0.15, 0.2) is 24.3 Å². The lowest BCUT2D eigenvalue weighted by atomic mass is 10.0. The van der Waals surface area contributed by atoms with Crippen molar-refractivity contribution in [2.24, 2.45) is 11.5 Å². The summed E-state index contributed by atoms with van der Waals surface area (Å²) in [6.45, 7) is 0. The summed E-state index contributed by atoms with van der Waals surface area (Å²) in [7, 11) is 0. The molecule has 0 unspecified atom stereocenters. The smallest absolute Gasteiger partial charge is 0.248 e. The Bertz CT molecular complexity index is 349. The second kappa shape index (κ2) is 4.00. The van der Waals surface area contributed by atoms with Crippen LogP contribution < -0.4 is 11.5 Å². The van der Waals surface area contributed by atoms with Crippen LogP contribution in [0.25, 0.3) is 0 Å². The molecule has 0 saturated heterocycles. The van der Waals surface area contributed by atoms with E-state index in [1.807, 2.05) is 6.07 Å². The molecule has 1 rings (SSSR count). The van der Waals surface area contributed by atoms with E-state index in [0.717, 1.165) is 5.56 Å². The average molecular weight is 194 g/mol. The number of carbonyl (C=O) groups is 1. The Morgan fingerprint density at radius 1 is 1.31 bits per heavy atom. The zero-order chi connectivity index (χ0) is 9.84. The zero-order valence-electron chi connectivity index (χ0n) is 6.99. The quantitative estimate of drug-likeness (QED) is 0.693. The van der Waals surface area contributed by atoms with Crippen LogP contribution in [-0.4, -0.2) is 10.9 Å². The van der Waals surface area contributed by atoms with E-state index in [-0.39, 0.29) is 0 Å². The van der Waals surface area contributed by atoms with Crippen LogP contribution in [0.5, 0.6) is 0 Å². The molecule has 0 aliphatic carbocycles. The molecule has 0 aliphatic heterocycles. The fourth-order valence-electron chi connectivity index (χ4n) is 1.10. The maximum absolute atomic E-state index is 10.9. The second-order valence-corrected chi connectivity index (χ2v) is 3.19. The molecule has 13 heavy (non-hydrogen) atoms. The summed E-state index contributed by atoms with van der Waals surface area (Å²) in [5, 5.41) is 0. The van der Waals surface area contributed by atoms with Crippen molar-refractivity contribution >= 4 is 23.1 Å². The van der Waals surface area contributed by atoms with Gasteiger partial charge < -0.3 is 11.5 Å². The van der Waals surface area contributed by atoms with Crippen LogP contribution in [0.2, 0.25) is 0 Å². The topological polar surface area (TPSA) is 69.1 Å². The molecule has 0 bridgehead atoms. The van der Waals surface area contributed by atoms with Crippen LogP contribution in [-0.2, 0) is 6.42 Å². The Labute approximate surface area is 81.7 Å². The number of hydrogen-bond acceptors (Lipinski definition) is 2. The highest BCUT2D eigenvalue weighted by Crippen LogP contribution is 2.08. The highest BCUT2D eigenvalue weighted by molar-refractivity contribution is 7.80. The van der Waals surface area contributed by atoms with Crippen LogP contribution in [0.3, 0.4) is 0 Å². The molecular weight excluding hydrogens is 184 g/mol. The maximum Gasteiger partial charge on any atom is 0.248 e. The van der Waals surface area contributed by atoms with Crippen molar-refractivity contribution in [2.75, 3.05) is 0 Å². The Kier molecular flexibility index (Phi) is 2.97. The number of amides is 1. The Morgan fingerprint density at radius 3 is 2.46 bits per heavy atom. The minimum Gasteiger partial charge on any atom is -0.393 e. The normalized spacial score (nSPS) is 9.54. The predicted molar refractivity (Wildman–Crippen MR) is 55.4 cm³/mol. The number of nitrogens with two attached hydrogens (primary N) is 2. The van der Waals surface area contributed by atoms with Crippen LogP contribution >= 0.6 is 12.2 Å². The maximum atomic E-state index is 10.9. The Morgan fingerprint density at radius 2 is 1.92 bits per heavy atom. The van der Waals surface area contributed by atoms with Crippen molar-refractivity contribution in [1.29, 1.82) is 0 Å². The van der Waals surface area contributed by atoms with E-state index in [9.17, 15) is 4.79 Å². The lowest BCUT2D eigenvalue weighted by Crippen LogP contribution is -2.17. The number of hydrogen-bond donors (Lipinski definition) is 2. The van der Waals surface area contributed by atoms with Crippen molar-refractivity contribution < 1.29 is 4.79 Å². The minimum absolute atomic E-state index is 0.355. The first kappa shape index (κ1) is 9.67. The number of carbonyl (C=O) groups excluding carboxylic acids is 1. The van der Waals surface area contributed by atoms with E-state index in [0.29, 0.717) is 17.0 Å². The van der Waals surface area contributed by atoms with E-state index in [2.05, 4.69) is 0 Å². The summed E-state index contributed by atoms with van der Waals surface area (Å²) in [6.07, 6.45) is 0.411. The third-order valence-electron chi connectivity index (χ3n) is 1.65. The number of thiocarbonyl (C=S) groups is 1. The van der Waals surface area contributed by atoms with Crippen molar-refractivity contribution in [1.82, 2.24) is 0 Å². The number of primary amides is 1. The first-order chi connectivity index (χ1) is 6.11. The molecule has 3 nitrogen and oxygen atoms in total. The minimum atomic E-state index is -0.452. The summed E-state index contributed by atoms with van der Waals surface area (Å²) in [6, 6.07) is 7.03. The summed E-state index contributed by atoms with van der Waals surface area (Å²) in [4.78, 5) is 11.3. The second-order valence-electron chi connectivity index (χ2n) is 2.66. The summed E-state index contributed by atoms with van der Waals surface area (Å²) < 4.78 is 0. The van der Waals surface area contributed by atoms with E-state index < -0.39 is 5.91 Å². The van der Waals surface area contributed by atoms with Gasteiger partial charge >= 0.3 is 0 Å². The van der Waals surface area contributed by atoms with Crippen molar-refractivity contribution in [2.45, 2.75) is 6.42 Å². The van der Waals surface area contributed by atoms with Gasteiger partial charge in [-0.15, -0.1) is 0 Å². The van der Waals surface area contributed by atoms with E-state index in [4.69, 9.17) is 23.7 Å². The molecule has 0 saturated carbocycles. The van der Waals surface area contributed by atoms with Crippen molar-refractivity contribution in [3.63, 3.8) is 0 Å². The molecule has 4 heteroatoms. The molecule has 0 atom stereocenters. The van der Waals surface area contributed by atoms with Gasteiger partial charge in [0.15, 0.2) is 0 Å². The SMILES string of the molecule is NC(=O)c1ccccc1CC(N)=S. The van der Waals surface area contributed by atoms with Crippen LogP contribution in [0.4, 0.5) is 0 Å². The fraction of sp³-hybridized carbons (Fsp3) is 0.111. The predicted octanol–water partition coefficient (Wildman–Crippen LogP) is 0.614. The van der Waals surface area contributed by atoms with Crippen molar-refractivity contribution in [3.05, 3.63) is 35.4 Å². The lowest BCUT2D eigenvalue weighted by molar-refractivity contribution is 0.0999. The van der Waals surface area contributed by atoms with E-state index >= 15 is 0 Å². The standard InChI is InChI=1S/C9H10N2OS/c10-8(13)5-6-3-1-2-4-7(6)9(11)12/h1-4H,5H2,(H2,10,13)(H2,11,12). The summed E-state index contributed by atoms with van der Waals surface area (Å²) in [5.74, 6) is -0.452. The van der Waals surface area contributed by atoms with Gasteiger partial charge in [-0.1, -0.05) is 30.4 Å². The molecule has 0 spiro atoms. The largest absolute Gasteiger partial charge is 0.393 e. The third kappa shape index (κ3) is 2.52. The highest BCUT2D eigenvalue weighted by Gasteiger charge is 2.06. The van der Waals surface area contributed by atoms with Gasteiger partial charge in [0.25, 0.3) is 0 Å². The molecule has 0 aromatic heterocycles. The monoisotopic (exact) mass is 194 g/mol. The summed E-state index contributed by atoms with van der Waals surface area (Å²) >= 11 is 4.75. The van der Waals surface area contributed by atoms with Crippen molar-refractivity contribution in [3.8, 4) is 0 Å². The van der Waals surface area contributed by atoms with Gasteiger partial charge in [-0.2, -0.15) is 0 Å². The summed E-state index contributed by atoms with van der Waals surface area (Å²) in [5.41, 5.74) is 11.8. The molecule has 68 valence electrons.